The fraction of sp³-hybridized carbons (Fsp3) is 0.833. The van der Waals surface area contributed by atoms with Gasteiger partial charge in [-0.2, -0.15) is 0 Å². The summed E-state index contributed by atoms with van der Waals surface area (Å²) in [4.78, 5) is 4.10. The second-order valence-electron chi connectivity index (χ2n) is 2.37. The minimum atomic E-state index is 0.354. The summed E-state index contributed by atoms with van der Waals surface area (Å²) in [5.41, 5.74) is 5.69. The zero-order valence-corrected chi connectivity index (χ0v) is 5.17. The molecule has 0 aliphatic carbocycles. The molecule has 0 saturated carbocycles. The Labute approximate surface area is 49.8 Å². The van der Waals surface area contributed by atoms with Gasteiger partial charge in [0.2, 0.25) is 0 Å². The molecule has 0 spiro atoms. The molecule has 8 heavy (non-hydrogen) atoms. The molecule has 0 aromatic carbocycles. The normalized spacial score (nSPS) is 37.8. The molecule has 1 heterocycles. The van der Waals surface area contributed by atoms with Crippen LogP contribution in [0.25, 0.3) is 0 Å². The monoisotopic (exact) mass is 112 g/mol. The maximum absolute atomic E-state index is 5.69. The summed E-state index contributed by atoms with van der Waals surface area (Å²) in [6, 6.07) is 0.354. The molecule has 0 radical (unpaired) electrons. The maximum Gasteiger partial charge on any atom is 0.0400 e. The van der Waals surface area contributed by atoms with E-state index in [1.165, 1.54) is 0 Å². The van der Waals surface area contributed by atoms with Crippen molar-refractivity contribution in [3.8, 4) is 0 Å². The predicted molar refractivity (Wildman–Crippen MR) is 35.1 cm³/mol. The minimum Gasteiger partial charge on any atom is -0.327 e. The molecule has 2 heteroatoms. The molecule has 0 aromatic rings. The van der Waals surface area contributed by atoms with Crippen molar-refractivity contribution in [1.29, 1.82) is 0 Å². The first-order valence-corrected chi connectivity index (χ1v) is 3.06. The summed E-state index contributed by atoms with van der Waals surface area (Å²) in [7, 11) is 0. The van der Waals surface area contributed by atoms with E-state index in [9.17, 15) is 0 Å². The topological polar surface area (TPSA) is 38.4 Å². The zero-order valence-electron chi connectivity index (χ0n) is 5.17. The molecule has 0 amide bonds. The highest BCUT2D eigenvalue weighted by Crippen LogP contribution is 2.06. The Morgan fingerprint density at radius 3 is 2.88 bits per heavy atom. The quantitative estimate of drug-likeness (QED) is 0.484. The third-order valence-corrected chi connectivity index (χ3v) is 1.61. The van der Waals surface area contributed by atoms with E-state index in [2.05, 4.69) is 11.9 Å². The summed E-state index contributed by atoms with van der Waals surface area (Å²) in [5.74, 6) is 0.490. The molecule has 0 fully saturated rings. The molecule has 2 unspecified atom stereocenters. The molecule has 2 N–H and O–H groups in total. The average Bonchev–Trinajstić information content (AvgIpc) is 1.77. The molecular weight excluding hydrogens is 100 g/mol. The van der Waals surface area contributed by atoms with Gasteiger partial charge in [0.15, 0.2) is 0 Å². The van der Waals surface area contributed by atoms with E-state index in [1.54, 1.807) is 0 Å². The Morgan fingerprint density at radius 2 is 2.50 bits per heavy atom. The highest BCUT2D eigenvalue weighted by atomic mass is 14.8. The van der Waals surface area contributed by atoms with Crippen LogP contribution in [-0.4, -0.2) is 18.8 Å². The summed E-state index contributed by atoms with van der Waals surface area (Å²) < 4.78 is 0. The van der Waals surface area contributed by atoms with Gasteiger partial charge in [0.05, 0.1) is 0 Å². The lowest BCUT2D eigenvalue weighted by molar-refractivity contribution is 0.519. The molecule has 0 aromatic heterocycles. The Balaban J connectivity index is 2.47. The lowest BCUT2D eigenvalue weighted by atomic mass is 9.99. The number of rotatable bonds is 0. The van der Waals surface area contributed by atoms with E-state index >= 15 is 0 Å². The Hall–Kier alpha value is -0.370. The SMILES string of the molecule is CC1C=NCCC1N. The van der Waals surface area contributed by atoms with Crippen LogP contribution in [0, 0.1) is 5.92 Å². The highest BCUT2D eigenvalue weighted by molar-refractivity contribution is 5.62. The van der Waals surface area contributed by atoms with Crippen LogP contribution in [-0.2, 0) is 0 Å². The molecular formula is C6H12N2. The fourth-order valence-electron chi connectivity index (χ4n) is 0.838. The lowest BCUT2D eigenvalue weighted by Gasteiger charge is -2.18. The van der Waals surface area contributed by atoms with Crippen molar-refractivity contribution in [2.24, 2.45) is 16.6 Å². The van der Waals surface area contributed by atoms with Gasteiger partial charge >= 0.3 is 0 Å². The summed E-state index contributed by atoms with van der Waals surface area (Å²) in [5, 5.41) is 0. The van der Waals surface area contributed by atoms with Gasteiger partial charge in [-0.15, -0.1) is 0 Å². The van der Waals surface area contributed by atoms with Gasteiger partial charge in [-0.3, -0.25) is 4.99 Å². The number of hydrogen-bond acceptors (Lipinski definition) is 2. The van der Waals surface area contributed by atoms with Crippen LogP contribution < -0.4 is 5.73 Å². The number of nitrogens with two attached hydrogens (primary N) is 1. The number of hydrogen-bond donors (Lipinski definition) is 1. The van der Waals surface area contributed by atoms with Crippen LogP contribution >= 0.6 is 0 Å². The fourth-order valence-corrected chi connectivity index (χ4v) is 0.838. The van der Waals surface area contributed by atoms with Crippen LogP contribution in [0.5, 0.6) is 0 Å². The third-order valence-electron chi connectivity index (χ3n) is 1.61. The zero-order chi connectivity index (χ0) is 5.98. The van der Waals surface area contributed by atoms with Crippen molar-refractivity contribution in [2.45, 2.75) is 19.4 Å². The largest absolute Gasteiger partial charge is 0.327 e. The molecule has 0 bridgehead atoms. The second-order valence-corrected chi connectivity index (χ2v) is 2.37. The highest BCUT2D eigenvalue weighted by Gasteiger charge is 2.12. The molecule has 1 aliphatic rings. The van der Waals surface area contributed by atoms with Crippen molar-refractivity contribution >= 4 is 6.21 Å². The molecule has 1 rings (SSSR count). The smallest absolute Gasteiger partial charge is 0.0400 e. The summed E-state index contributed by atoms with van der Waals surface area (Å²) >= 11 is 0. The molecule has 2 nitrogen and oxygen atoms in total. The van der Waals surface area contributed by atoms with Crippen LogP contribution in [0.2, 0.25) is 0 Å². The lowest BCUT2D eigenvalue weighted by Crippen LogP contribution is -2.32. The first-order chi connectivity index (χ1) is 3.80. The average molecular weight is 112 g/mol. The summed E-state index contributed by atoms with van der Waals surface area (Å²) in [6.45, 7) is 3.03. The van der Waals surface area contributed by atoms with Gasteiger partial charge in [0, 0.05) is 24.7 Å². The van der Waals surface area contributed by atoms with Gasteiger partial charge in [0.1, 0.15) is 0 Å². The van der Waals surface area contributed by atoms with Gasteiger partial charge < -0.3 is 5.73 Å². The molecule has 46 valence electrons. The van der Waals surface area contributed by atoms with E-state index in [1.807, 2.05) is 6.21 Å². The van der Waals surface area contributed by atoms with Crippen molar-refractivity contribution in [2.75, 3.05) is 6.54 Å². The number of aliphatic imine (C=N–C) groups is 1. The summed E-state index contributed by atoms with van der Waals surface area (Å²) in [6.07, 6.45) is 3.01. The minimum absolute atomic E-state index is 0.354. The van der Waals surface area contributed by atoms with Crippen molar-refractivity contribution in [3.63, 3.8) is 0 Å². The van der Waals surface area contributed by atoms with Gasteiger partial charge in [-0.05, 0) is 6.42 Å². The third kappa shape index (κ3) is 1.07. The van der Waals surface area contributed by atoms with Crippen molar-refractivity contribution in [3.05, 3.63) is 0 Å². The van der Waals surface area contributed by atoms with E-state index in [0.717, 1.165) is 13.0 Å². The van der Waals surface area contributed by atoms with E-state index < -0.39 is 0 Å². The van der Waals surface area contributed by atoms with Crippen LogP contribution in [0.4, 0.5) is 0 Å². The van der Waals surface area contributed by atoms with E-state index in [4.69, 9.17) is 5.73 Å². The first kappa shape index (κ1) is 5.76. The van der Waals surface area contributed by atoms with Gasteiger partial charge in [0.25, 0.3) is 0 Å². The Morgan fingerprint density at radius 1 is 1.75 bits per heavy atom. The second kappa shape index (κ2) is 2.27. The van der Waals surface area contributed by atoms with Crippen LogP contribution in [0.1, 0.15) is 13.3 Å². The Kier molecular flexibility index (Phi) is 1.63. The predicted octanol–water partition coefficient (Wildman–Crippen LogP) is 0.424. The molecule has 0 saturated heterocycles. The van der Waals surface area contributed by atoms with E-state index in [0.29, 0.717) is 12.0 Å². The first-order valence-electron chi connectivity index (χ1n) is 3.06. The van der Waals surface area contributed by atoms with Crippen LogP contribution in [0.15, 0.2) is 4.99 Å². The van der Waals surface area contributed by atoms with Crippen molar-refractivity contribution in [1.82, 2.24) is 0 Å². The van der Waals surface area contributed by atoms with Crippen molar-refractivity contribution < 1.29 is 0 Å². The van der Waals surface area contributed by atoms with E-state index in [-0.39, 0.29) is 0 Å². The Bertz CT molecular complexity index is 98.7. The van der Waals surface area contributed by atoms with Gasteiger partial charge in [-0.1, -0.05) is 6.92 Å². The van der Waals surface area contributed by atoms with Crippen LogP contribution in [0.3, 0.4) is 0 Å². The molecule has 2 atom stereocenters. The number of nitrogens with zero attached hydrogens (tertiary/aromatic N) is 1. The van der Waals surface area contributed by atoms with Gasteiger partial charge in [-0.25, -0.2) is 0 Å². The standard InChI is InChI=1S/C6H12N2/c1-5-4-8-3-2-6(5)7/h4-6H,2-3,7H2,1H3. The maximum atomic E-state index is 5.69. The molecule has 1 aliphatic heterocycles.